The average molecular weight is 316 g/mol. The van der Waals surface area contributed by atoms with Gasteiger partial charge < -0.3 is 5.32 Å². The summed E-state index contributed by atoms with van der Waals surface area (Å²) >= 11 is 0. The number of nitrogens with zero attached hydrogens (tertiary/aromatic N) is 1. The fraction of sp³-hybridized carbons (Fsp3) is 0.190. The Kier molecular flexibility index (Phi) is 3.91. The van der Waals surface area contributed by atoms with Crippen molar-refractivity contribution < 1.29 is 4.57 Å². The van der Waals surface area contributed by atoms with Gasteiger partial charge in [0.25, 0.3) is 5.82 Å². The molecule has 1 aromatic heterocycles. The van der Waals surface area contributed by atoms with Crippen molar-refractivity contribution in [3.05, 3.63) is 89.6 Å². The van der Waals surface area contributed by atoms with E-state index in [-0.39, 0.29) is 6.04 Å². The number of pyridine rings is 1. The van der Waals surface area contributed by atoms with E-state index in [0.717, 1.165) is 18.8 Å². The molecule has 0 amide bonds. The third-order valence-electron chi connectivity index (χ3n) is 4.70. The molecular formula is C21H22N3+. The van der Waals surface area contributed by atoms with Crippen molar-refractivity contribution in [1.82, 2.24) is 0 Å². The number of fused-ring (bicyclic) bond motifs is 2. The summed E-state index contributed by atoms with van der Waals surface area (Å²) in [6.07, 6.45) is 3.04. The first-order chi connectivity index (χ1) is 11.8. The number of anilines is 2. The molecule has 1 atom stereocenters. The van der Waals surface area contributed by atoms with Gasteiger partial charge in [0.1, 0.15) is 6.54 Å². The Labute approximate surface area is 143 Å². The van der Waals surface area contributed by atoms with Crippen molar-refractivity contribution >= 4 is 11.5 Å². The molecule has 0 aliphatic carbocycles. The van der Waals surface area contributed by atoms with E-state index in [1.54, 1.807) is 0 Å². The number of rotatable bonds is 3. The van der Waals surface area contributed by atoms with Gasteiger partial charge in [-0.05, 0) is 35.2 Å². The van der Waals surface area contributed by atoms with Crippen molar-refractivity contribution in [2.45, 2.75) is 12.5 Å². The van der Waals surface area contributed by atoms with Crippen molar-refractivity contribution in [2.24, 2.45) is 7.05 Å². The van der Waals surface area contributed by atoms with Gasteiger partial charge in [-0.15, -0.1) is 0 Å². The summed E-state index contributed by atoms with van der Waals surface area (Å²) in [5, 5.41) is 7.32. The number of para-hydroxylation sites is 1. The van der Waals surface area contributed by atoms with Crippen LogP contribution in [0.15, 0.2) is 72.9 Å². The van der Waals surface area contributed by atoms with Gasteiger partial charge in [0.15, 0.2) is 0 Å². The molecule has 0 fully saturated rings. The summed E-state index contributed by atoms with van der Waals surface area (Å²) < 4.78 is 2.11. The van der Waals surface area contributed by atoms with Crippen LogP contribution in [0.2, 0.25) is 0 Å². The maximum atomic E-state index is 3.73. The summed E-state index contributed by atoms with van der Waals surface area (Å²) in [7, 11) is 2.06. The normalized spacial score (nSPS) is 15.6. The van der Waals surface area contributed by atoms with Gasteiger partial charge in [-0.25, -0.2) is 4.57 Å². The maximum Gasteiger partial charge on any atom is 0.274 e. The van der Waals surface area contributed by atoms with Crippen LogP contribution in [0.4, 0.5) is 11.5 Å². The molecule has 1 unspecified atom stereocenters. The van der Waals surface area contributed by atoms with Crippen molar-refractivity contribution in [1.29, 1.82) is 0 Å². The van der Waals surface area contributed by atoms with Crippen LogP contribution in [0.25, 0.3) is 0 Å². The maximum absolute atomic E-state index is 3.73. The van der Waals surface area contributed by atoms with Crippen LogP contribution >= 0.6 is 0 Å². The van der Waals surface area contributed by atoms with Crippen LogP contribution in [-0.2, 0) is 13.5 Å². The zero-order valence-corrected chi connectivity index (χ0v) is 13.9. The van der Waals surface area contributed by atoms with E-state index in [4.69, 9.17) is 0 Å². The second kappa shape index (κ2) is 6.36. The first-order valence-electron chi connectivity index (χ1n) is 8.42. The predicted molar refractivity (Wildman–Crippen MR) is 98.2 cm³/mol. The molecule has 3 nitrogen and oxygen atoms in total. The van der Waals surface area contributed by atoms with Gasteiger partial charge in [-0.1, -0.05) is 48.5 Å². The zero-order valence-electron chi connectivity index (χ0n) is 13.9. The highest BCUT2D eigenvalue weighted by molar-refractivity contribution is 5.58. The standard InChI is InChI=1S/C21H21N3/c1-24-13-7-6-12-21(24)22-15-20-18-10-4-2-8-16(18)14-17-9-3-5-11-19(17)23-20/h2-13,20,23H,14-15H2,1H3/p+1. The second-order valence-electron chi connectivity index (χ2n) is 6.31. The molecule has 4 rings (SSSR count). The fourth-order valence-corrected chi connectivity index (χ4v) is 3.40. The highest BCUT2D eigenvalue weighted by Gasteiger charge is 2.22. The van der Waals surface area contributed by atoms with Gasteiger partial charge in [-0.2, -0.15) is 0 Å². The summed E-state index contributed by atoms with van der Waals surface area (Å²) in [4.78, 5) is 0. The number of benzene rings is 2. The molecule has 1 aliphatic rings. The first-order valence-corrected chi connectivity index (χ1v) is 8.42. The minimum atomic E-state index is 0.241. The number of hydrogen-bond donors (Lipinski definition) is 2. The van der Waals surface area contributed by atoms with Gasteiger partial charge >= 0.3 is 0 Å². The quantitative estimate of drug-likeness (QED) is 0.722. The Morgan fingerprint density at radius 1 is 0.958 bits per heavy atom. The molecule has 0 saturated carbocycles. The minimum absolute atomic E-state index is 0.241. The van der Waals surface area contributed by atoms with Gasteiger partial charge in [0.2, 0.25) is 0 Å². The number of aromatic nitrogens is 1. The summed E-state index contributed by atoms with van der Waals surface area (Å²) in [5.41, 5.74) is 5.37. The lowest BCUT2D eigenvalue weighted by molar-refractivity contribution is -0.657. The smallest absolute Gasteiger partial charge is 0.274 e. The minimum Gasteiger partial charge on any atom is -0.374 e. The van der Waals surface area contributed by atoms with E-state index in [2.05, 4.69) is 89.1 Å². The Bertz CT molecular complexity index is 857. The van der Waals surface area contributed by atoms with Gasteiger partial charge in [0.05, 0.1) is 19.3 Å². The van der Waals surface area contributed by atoms with Gasteiger partial charge in [-0.3, -0.25) is 5.32 Å². The SMILES string of the molecule is C[n+]1ccccc1NCC1Nc2ccccc2Cc2ccccc21. The van der Waals surface area contributed by atoms with Crippen LogP contribution in [0.5, 0.6) is 0 Å². The van der Waals surface area contributed by atoms with Crippen molar-refractivity contribution in [3.63, 3.8) is 0 Å². The number of nitrogens with one attached hydrogen (secondary N) is 2. The average Bonchev–Trinajstić information content (AvgIpc) is 2.77. The molecule has 2 aromatic carbocycles. The highest BCUT2D eigenvalue weighted by Crippen LogP contribution is 2.32. The third-order valence-corrected chi connectivity index (χ3v) is 4.70. The molecule has 2 N–H and O–H groups in total. The Balaban J connectivity index is 1.65. The lowest BCUT2D eigenvalue weighted by Crippen LogP contribution is -2.33. The largest absolute Gasteiger partial charge is 0.374 e. The molecule has 0 bridgehead atoms. The van der Waals surface area contributed by atoms with Crippen LogP contribution in [0.3, 0.4) is 0 Å². The van der Waals surface area contributed by atoms with E-state index < -0.39 is 0 Å². The topological polar surface area (TPSA) is 27.9 Å². The van der Waals surface area contributed by atoms with Gasteiger partial charge in [0, 0.05) is 11.8 Å². The summed E-state index contributed by atoms with van der Waals surface area (Å²) in [6, 6.07) is 23.8. The third kappa shape index (κ3) is 2.85. The fourth-order valence-electron chi connectivity index (χ4n) is 3.40. The van der Waals surface area contributed by atoms with E-state index in [0.29, 0.717) is 0 Å². The van der Waals surface area contributed by atoms with Crippen molar-refractivity contribution in [3.8, 4) is 0 Å². The number of aryl methyl sites for hydroxylation is 1. The van der Waals surface area contributed by atoms with Crippen LogP contribution in [0, 0.1) is 0 Å². The zero-order chi connectivity index (χ0) is 16.4. The Morgan fingerprint density at radius 2 is 1.71 bits per heavy atom. The van der Waals surface area contributed by atoms with E-state index >= 15 is 0 Å². The molecule has 120 valence electrons. The summed E-state index contributed by atoms with van der Waals surface area (Å²) in [5.74, 6) is 1.12. The second-order valence-corrected chi connectivity index (χ2v) is 6.31. The monoisotopic (exact) mass is 316 g/mol. The molecular weight excluding hydrogens is 294 g/mol. The Hall–Kier alpha value is -2.81. The lowest BCUT2D eigenvalue weighted by Gasteiger charge is -2.19. The Morgan fingerprint density at radius 3 is 2.58 bits per heavy atom. The first kappa shape index (κ1) is 14.8. The molecule has 2 heterocycles. The summed E-state index contributed by atoms with van der Waals surface area (Å²) in [6.45, 7) is 0.837. The molecule has 24 heavy (non-hydrogen) atoms. The van der Waals surface area contributed by atoms with E-state index in [9.17, 15) is 0 Å². The molecule has 0 saturated heterocycles. The highest BCUT2D eigenvalue weighted by atomic mass is 15.1. The van der Waals surface area contributed by atoms with E-state index in [1.165, 1.54) is 22.4 Å². The molecule has 0 radical (unpaired) electrons. The predicted octanol–water partition coefficient (Wildman–Crippen LogP) is 3.68. The van der Waals surface area contributed by atoms with Crippen LogP contribution in [0.1, 0.15) is 22.7 Å². The molecule has 0 spiro atoms. The molecule has 1 aliphatic heterocycles. The van der Waals surface area contributed by atoms with Crippen molar-refractivity contribution in [2.75, 3.05) is 17.2 Å². The molecule has 3 heteroatoms. The van der Waals surface area contributed by atoms with Crippen LogP contribution in [-0.4, -0.2) is 6.54 Å². The van der Waals surface area contributed by atoms with Crippen LogP contribution < -0.4 is 15.2 Å². The van der Waals surface area contributed by atoms with E-state index in [1.807, 2.05) is 6.07 Å². The lowest BCUT2D eigenvalue weighted by atomic mass is 9.97. The molecule has 3 aromatic rings. The number of hydrogen-bond acceptors (Lipinski definition) is 2.